The van der Waals surface area contributed by atoms with Crippen molar-refractivity contribution in [3.05, 3.63) is 53.6 Å². The Labute approximate surface area is 191 Å². The summed E-state index contributed by atoms with van der Waals surface area (Å²) in [5.74, 6) is 2.05. The van der Waals surface area contributed by atoms with E-state index in [1.165, 1.54) is 12.1 Å². The van der Waals surface area contributed by atoms with Gasteiger partial charge in [-0.15, -0.1) is 11.8 Å². The lowest BCUT2D eigenvalue weighted by molar-refractivity contribution is -0.380. The normalized spacial score (nSPS) is 20.3. The average molecular weight is 471 g/mol. The van der Waals surface area contributed by atoms with Crippen LogP contribution < -0.4 is 9.47 Å². The molecule has 0 aliphatic carbocycles. The highest BCUT2D eigenvalue weighted by Crippen LogP contribution is 2.34. The van der Waals surface area contributed by atoms with Crippen LogP contribution in [0.15, 0.2) is 47.4 Å². The zero-order valence-electron chi connectivity index (χ0n) is 18.7. The van der Waals surface area contributed by atoms with Crippen LogP contribution in [0.25, 0.3) is 0 Å². The molecule has 0 N–H and O–H groups in total. The average Bonchev–Trinajstić information content (AvgIpc) is 2.73. The number of hydrogen-bond donors (Lipinski definition) is 0. The third-order valence-corrected chi connectivity index (χ3v) is 6.85. The number of thioether (sulfide) groups is 1. The van der Waals surface area contributed by atoms with Gasteiger partial charge in [0.25, 0.3) is 0 Å². The van der Waals surface area contributed by atoms with Crippen LogP contribution in [0, 0.1) is 12.3 Å². The molecule has 1 unspecified atom stereocenters. The van der Waals surface area contributed by atoms with E-state index in [2.05, 4.69) is 19.9 Å². The van der Waals surface area contributed by atoms with Gasteiger partial charge in [0, 0.05) is 16.1 Å². The summed E-state index contributed by atoms with van der Waals surface area (Å²) in [7, 11) is 0. The van der Waals surface area contributed by atoms with E-state index >= 15 is 0 Å². The molecule has 1 fully saturated rings. The van der Waals surface area contributed by atoms with Crippen molar-refractivity contribution in [3.8, 4) is 11.5 Å². The minimum absolute atomic E-state index is 0.133. The lowest BCUT2D eigenvalue weighted by atomic mass is 9.91. The number of rotatable bonds is 10. The maximum absolute atomic E-state index is 12.7. The first kappa shape index (κ1) is 24.7. The molecule has 0 amide bonds. The summed E-state index contributed by atoms with van der Waals surface area (Å²) in [4.78, 5) is 1.12. The predicted octanol–water partition coefficient (Wildman–Crippen LogP) is 6.70. The van der Waals surface area contributed by atoms with Crippen LogP contribution in [0.1, 0.15) is 38.3 Å². The van der Waals surface area contributed by atoms with Gasteiger partial charge in [0.1, 0.15) is 18.1 Å². The van der Waals surface area contributed by atoms with E-state index in [9.17, 15) is 13.2 Å². The molecule has 1 aliphatic rings. The van der Waals surface area contributed by atoms with Crippen molar-refractivity contribution in [3.63, 3.8) is 0 Å². The van der Waals surface area contributed by atoms with Gasteiger partial charge < -0.3 is 18.9 Å². The van der Waals surface area contributed by atoms with Crippen molar-refractivity contribution in [1.82, 2.24) is 0 Å². The summed E-state index contributed by atoms with van der Waals surface area (Å²) >= 11 is 1.72. The van der Waals surface area contributed by atoms with Gasteiger partial charge >= 0.3 is 6.18 Å². The highest BCUT2D eigenvalue weighted by molar-refractivity contribution is 7.99. The Balaban J connectivity index is 1.50. The maximum atomic E-state index is 12.7. The Bertz CT molecular complexity index is 882. The molecule has 8 heteroatoms. The molecule has 1 aliphatic heterocycles. The molecule has 0 aromatic heterocycles. The first-order chi connectivity index (χ1) is 15.1. The maximum Gasteiger partial charge on any atom is 0.416 e. The number of benzene rings is 2. The summed E-state index contributed by atoms with van der Waals surface area (Å²) in [5, 5.41) is 0. The van der Waals surface area contributed by atoms with Gasteiger partial charge in [-0.25, -0.2) is 0 Å². The lowest BCUT2D eigenvalue weighted by Crippen LogP contribution is -2.42. The molecular weight excluding hydrogens is 441 g/mol. The minimum atomic E-state index is -4.34. The van der Waals surface area contributed by atoms with Crippen LogP contribution in [-0.4, -0.2) is 31.5 Å². The standard InChI is InChI=1S/C24H29F3O4S/c1-5-23(4,14-29-19-8-6-18(7-9-19)24(25,26)27)15-32-20-10-11-21(16(2)12-20)28-13-22-30-17(3)31-22/h6-12,17,22H,5,13-15H2,1-4H3. The lowest BCUT2D eigenvalue weighted by Gasteiger charge is -2.33. The molecule has 176 valence electrons. The highest BCUT2D eigenvalue weighted by atomic mass is 32.2. The van der Waals surface area contributed by atoms with E-state index in [0.29, 0.717) is 19.0 Å². The zero-order chi connectivity index (χ0) is 23.4. The van der Waals surface area contributed by atoms with Crippen molar-refractivity contribution >= 4 is 11.8 Å². The van der Waals surface area contributed by atoms with Crippen LogP contribution in [0.3, 0.4) is 0 Å². The van der Waals surface area contributed by atoms with E-state index < -0.39 is 11.7 Å². The predicted molar refractivity (Wildman–Crippen MR) is 118 cm³/mol. The van der Waals surface area contributed by atoms with Crippen molar-refractivity contribution in [2.75, 3.05) is 19.0 Å². The third kappa shape index (κ3) is 6.80. The highest BCUT2D eigenvalue weighted by Gasteiger charge is 2.30. The first-order valence-electron chi connectivity index (χ1n) is 10.6. The first-order valence-corrected chi connectivity index (χ1v) is 11.5. The number of aryl methyl sites for hydroxylation is 1. The molecule has 4 nitrogen and oxygen atoms in total. The molecule has 0 bridgehead atoms. The second kappa shape index (κ2) is 10.4. The Morgan fingerprint density at radius 1 is 1.03 bits per heavy atom. The van der Waals surface area contributed by atoms with Gasteiger partial charge in [0.2, 0.25) is 0 Å². The fourth-order valence-corrected chi connectivity index (χ4v) is 4.28. The molecule has 3 rings (SSSR count). The van der Waals surface area contributed by atoms with E-state index in [1.807, 2.05) is 26.0 Å². The number of halogens is 3. The van der Waals surface area contributed by atoms with Gasteiger partial charge in [-0.1, -0.05) is 13.8 Å². The molecule has 1 heterocycles. The van der Waals surface area contributed by atoms with E-state index in [0.717, 1.165) is 40.5 Å². The van der Waals surface area contributed by atoms with Crippen molar-refractivity contribution < 1.29 is 32.1 Å². The smallest absolute Gasteiger partial charge is 0.416 e. The molecule has 1 atom stereocenters. The molecule has 32 heavy (non-hydrogen) atoms. The quantitative estimate of drug-likeness (QED) is 0.361. The fourth-order valence-electron chi connectivity index (χ4n) is 3.05. The van der Waals surface area contributed by atoms with Gasteiger partial charge in [-0.05, 0) is 68.3 Å². The minimum Gasteiger partial charge on any atom is -0.493 e. The topological polar surface area (TPSA) is 36.9 Å². The monoisotopic (exact) mass is 470 g/mol. The van der Waals surface area contributed by atoms with Gasteiger partial charge in [0.15, 0.2) is 12.6 Å². The van der Waals surface area contributed by atoms with Crippen molar-refractivity contribution in [2.24, 2.45) is 5.41 Å². The summed E-state index contributed by atoms with van der Waals surface area (Å²) in [6, 6.07) is 10.9. The number of alkyl halides is 3. The second-order valence-corrected chi connectivity index (χ2v) is 9.32. The third-order valence-electron chi connectivity index (χ3n) is 5.42. The SMILES string of the molecule is CCC(C)(COc1ccc(C(F)(F)F)cc1)CSc1ccc(OCC2OC(C)O2)c(C)c1. The summed E-state index contributed by atoms with van der Waals surface area (Å²) in [6.07, 6.45) is -3.95. The van der Waals surface area contributed by atoms with Crippen molar-refractivity contribution in [2.45, 2.75) is 57.8 Å². The van der Waals surface area contributed by atoms with Crippen molar-refractivity contribution in [1.29, 1.82) is 0 Å². The molecule has 0 saturated carbocycles. The molecule has 0 spiro atoms. The Morgan fingerprint density at radius 2 is 1.72 bits per heavy atom. The van der Waals surface area contributed by atoms with Gasteiger partial charge in [0.05, 0.1) is 12.2 Å². The molecule has 0 radical (unpaired) electrons. The number of ether oxygens (including phenoxy) is 4. The fraction of sp³-hybridized carbons (Fsp3) is 0.500. The molecule has 1 saturated heterocycles. The summed E-state index contributed by atoms with van der Waals surface area (Å²) in [6.45, 7) is 8.82. The summed E-state index contributed by atoms with van der Waals surface area (Å²) in [5.41, 5.74) is 0.219. The number of hydrogen-bond acceptors (Lipinski definition) is 5. The molecule has 2 aromatic rings. The Hall–Kier alpha value is -1.90. The van der Waals surface area contributed by atoms with Crippen LogP contribution in [0.4, 0.5) is 13.2 Å². The molecule has 2 aromatic carbocycles. The van der Waals surface area contributed by atoms with Gasteiger partial charge in [-0.3, -0.25) is 0 Å². The van der Waals surface area contributed by atoms with Crippen LogP contribution in [0.5, 0.6) is 11.5 Å². The van der Waals surface area contributed by atoms with Crippen LogP contribution >= 0.6 is 11.8 Å². The second-order valence-electron chi connectivity index (χ2n) is 8.27. The molecular formula is C24H29F3O4S. The van der Waals surface area contributed by atoms with Crippen LogP contribution in [-0.2, 0) is 15.7 Å². The Kier molecular flexibility index (Phi) is 8.01. The van der Waals surface area contributed by atoms with E-state index in [1.54, 1.807) is 11.8 Å². The zero-order valence-corrected chi connectivity index (χ0v) is 19.5. The van der Waals surface area contributed by atoms with Crippen LogP contribution in [0.2, 0.25) is 0 Å². The van der Waals surface area contributed by atoms with E-state index in [-0.39, 0.29) is 18.0 Å². The summed E-state index contributed by atoms with van der Waals surface area (Å²) < 4.78 is 60.5. The van der Waals surface area contributed by atoms with E-state index in [4.69, 9.17) is 18.9 Å². The van der Waals surface area contributed by atoms with Gasteiger partial charge in [-0.2, -0.15) is 13.2 Å². The largest absolute Gasteiger partial charge is 0.493 e. The Morgan fingerprint density at radius 3 is 2.28 bits per heavy atom.